The molecule has 0 atom stereocenters. The Kier molecular flexibility index (Phi) is 7.42. The van der Waals surface area contributed by atoms with E-state index in [4.69, 9.17) is 9.84 Å². The zero-order valence-electron chi connectivity index (χ0n) is 17.4. The summed E-state index contributed by atoms with van der Waals surface area (Å²) in [5.74, 6) is 1.20. The number of carbonyl (C=O) groups is 1. The Labute approximate surface area is 162 Å². The largest absolute Gasteiger partial charge is 0.497 e. The maximum absolute atomic E-state index is 13.0. The lowest BCUT2D eigenvalue weighted by Gasteiger charge is -2.11. The lowest BCUT2D eigenvalue weighted by Crippen LogP contribution is -3.06. The van der Waals surface area contributed by atoms with Gasteiger partial charge in [-0.3, -0.25) is 4.79 Å². The number of likely N-dealkylation sites (N-methyl/N-ethyl adjacent to an activating group) is 1. The number of ether oxygens (including phenoxy) is 1. The van der Waals surface area contributed by atoms with Gasteiger partial charge in [0.25, 0.3) is 5.91 Å². The molecule has 2 aromatic rings. The van der Waals surface area contributed by atoms with Crippen LogP contribution in [0.5, 0.6) is 5.75 Å². The topological polar surface area (TPSA) is 60.6 Å². The van der Waals surface area contributed by atoms with Crippen LogP contribution in [0, 0.1) is 5.92 Å². The number of rotatable bonds is 9. The van der Waals surface area contributed by atoms with Crippen molar-refractivity contribution in [1.82, 2.24) is 15.1 Å². The van der Waals surface area contributed by atoms with Crippen LogP contribution in [-0.2, 0) is 12.8 Å². The van der Waals surface area contributed by atoms with E-state index in [-0.39, 0.29) is 5.91 Å². The van der Waals surface area contributed by atoms with Crippen LogP contribution in [0.1, 0.15) is 42.5 Å². The molecule has 2 rings (SSSR count). The van der Waals surface area contributed by atoms with Gasteiger partial charge in [0.15, 0.2) is 0 Å². The molecule has 2 N–H and O–H groups in total. The third-order valence-electron chi connectivity index (χ3n) is 4.44. The summed E-state index contributed by atoms with van der Waals surface area (Å²) in [6.45, 7) is 7.90. The highest BCUT2D eigenvalue weighted by atomic mass is 16.5. The van der Waals surface area contributed by atoms with Gasteiger partial charge in [-0.05, 0) is 43.0 Å². The number of amides is 1. The van der Waals surface area contributed by atoms with Crippen molar-refractivity contribution in [1.29, 1.82) is 0 Å². The zero-order chi connectivity index (χ0) is 20.0. The Hall–Kier alpha value is -2.34. The second-order valence-electron chi connectivity index (χ2n) is 7.54. The average Bonchev–Trinajstić information content (AvgIpc) is 2.98. The number of hydrogen-bond acceptors (Lipinski definition) is 3. The fourth-order valence-corrected chi connectivity index (χ4v) is 3.07. The van der Waals surface area contributed by atoms with Crippen LogP contribution >= 0.6 is 0 Å². The van der Waals surface area contributed by atoms with E-state index in [1.807, 2.05) is 28.9 Å². The van der Waals surface area contributed by atoms with Crippen LogP contribution < -0.4 is 15.0 Å². The molecule has 1 heterocycles. The van der Waals surface area contributed by atoms with Crippen LogP contribution in [0.25, 0.3) is 5.69 Å². The van der Waals surface area contributed by atoms with Crippen LogP contribution in [0.2, 0.25) is 0 Å². The molecule has 0 saturated carbocycles. The van der Waals surface area contributed by atoms with Gasteiger partial charge < -0.3 is 15.0 Å². The Bertz CT molecular complexity index is 748. The first kappa shape index (κ1) is 21.0. The van der Waals surface area contributed by atoms with E-state index >= 15 is 0 Å². The fraction of sp³-hybridized carbons (Fsp3) is 0.524. The predicted octanol–water partition coefficient (Wildman–Crippen LogP) is 1.52. The highest BCUT2D eigenvalue weighted by molar-refractivity contribution is 5.96. The predicted molar refractivity (Wildman–Crippen MR) is 108 cm³/mol. The van der Waals surface area contributed by atoms with Crippen molar-refractivity contribution >= 4 is 5.91 Å². The number of nitrogens with zero attached hydrogens (tertiary/aromatic N) is 2. The van der Waals surface area contributed by atoms with Crippen LogP contribution in [0.3, 0.4) is 0 Å². The van der Waals surface area contributed by atoms with Gasteiger partial charge in [0.05, 0.1) is 56.9 Å². The van der Waals surface area contributed by atoms with Crippen molar-refractivity contribution in [3.05, 3.63) is 41.2 Å². The number of hydrogen-bond donors (Lipinski definition) is 2. The summed E-state index contributed by atoms with van der Waals surface area (Å²) in [7, 11) is 5.81. The van der Waals surface area contributed by atoms with Gasteiger partial charge in [0.2, 0.25) is 0 Å². The molecule has 6 heteroatoms. The first-order chi connectivity index (χ1) is 12.9. The maximum atomic E-state index is 13.0. The summed E-state index contributed by atoms with van der Waals surface area (Å²) < 4.78 is 7.16. The smallest absolute Gasteiger partial charge is 0.255 e. The molecule has 1 aromatic carbocycles. The summed E-state index contributed by atoms with van der Waals surface area (Å²) in [5, 5.41) is 7.89. The van der Waals surface area contributed by atoms with Crippen molar-refractivity contribution < 1.29 is 14.4 Å². The third-order valence-corrected chi connectivity index (χ3v) is 4.44. The lowest BCUT2D eigenvalue weighted by atomic mass is 10.0. The molecule has 0 aliphatic rings. The molecule has 1 amide bonds. The van der Waals surface area contributed by atoms with Crippen LogP contribution in [-0.4, -0.2) is 50.0 Å². The molecule has 0 bridgehead atoms. The molecule has 6 nitrogen and oxygen atoms in total. The summed E-state index contributed by atoms with van der Waals surface area (Å²) in [4.78, 5) is 14.3. The van der Waals surface area contributed by atoms with Gasteiger partial charge in [0.1, 0.15) is 5.75 Å². The summed E-state index contributed by atoms with van der Waals surface area (Å²) in [6, 6.07) is 7.78. The summed E-state index contributed by atoms with van der Waals surface area (Å²) in [5.41, 5.74) is 3.49. The molecule has 0 aliphatic heterocycles. The summed E-state index contributed by atoms with van der Waals surface area (Å²) >= 11 is 0. The number of quaternary nitrogens is 1. The quantitative estimate of drug-likeness (QED) is 0.701. The molecule has 0 radical (unpaired) electrons. The second kappa shape index (κ2) is 9.55. The number of methoxy groups -OCH3 is 1. The first-order valence-electron chi connectivity index (χ1n) is 9.69. The van der Waals surface area contributed by atoms with Gasteiger partial charge in [0, 0.05) is 0 Å². The molecule has 0 fully saturated rings. The van der Waals surface area contributed by atoms with Crippen molar-refractivity contribution in [3.63, 3.8) is 0 Å². The van der Waals surface area contributed by atoms with Crippen LogP contribution in [0.4, 0.5) is 0 Å². The van der Waals surface area contributed by atoms with E-state index in [0.717, 1.165) is 47.8 Å². The van der Waals surface area contributed by atoms with Gasteiger partial charge in [-0.15, -0.1) is 0 Å². The Morgan fingerprint density at radius 3 is 2.44 bits per heavy atom. The van der Waals surface area contributed by atoms with Crippen molar-refractivity contribution in [2.24, 2.45) is 5.92 Å². The Balaban J connectivity index is 2.42. The van der Waals surface area contributed by atoms with E-state index in [9.17, 15) is 4.79 Å². The number of nitrogens with one attached hydrogen (secondary N) is 2. The molecule has 27 heavy (non-hydrogen) atoms. The number of carbonyl (C=O) groups excluding carboxylic acids is 1. The highest BCUT2D eigenvalue weighted by Crippen LogP contribution is 2.23. The molecule has 0 aliphatic carbocycles. The van der Waals surface area contributed by atoms with Crippen molar-refractivity contribution in [2.45, 2.75) is 33.6 Å². The molecular formula is C21H33N4O2+. The molecule has 0 unspecified atom stereocenters. The first-order valence-corrected chi connectivity index (χ1v) is 9.69. The van der Waals surface area contributed by atoms with Gasteiger partial charge >= 0.3 is 0 Å². The summed E-state index contributed by atoms with van der Waals surface area (Å²) in [6.07, 6.45) is 1.51. The molecule has 1 aromatic heterocycles. The molecule has 0 spiro atoms. The van der Waals surface area contributed by atoms with E-state index in [1.165, 1.54) is 4.90 Å². The minimum Gasteiger partial charge on any atom is -0.497 e. The Morgan fingerprint density at radius 2 is 1.93 bits per heavy atom. The van der Waals surface area contributed by atoms with Crippen molar-refractivity contribution in [2.75, 3.05) is 34.3 Å². The zero-order valence-corrected chi connectivity index (χ0v) is 17.4. The minimum absolute atomic E-state index is 0.0245. The van der Waals surface area contributed by atoms with Gasteiger partial charge in [-0.2, -0.15) is 5.10 Å². The third kappa shape index (κ3) is 5.32. The maximum Gasteiger partial charge on any atom is 0.255 e. The van der Waals surface area contributed by atoms with E-state index in [1.54, 1.807) is 7.11 Å². The Morgan fingerprint density at radius 1 is 1.26 bits per heavy atom. The lowest BCUT2D eigenvalue weighted by molar-refractivity contribution is -0.856. The van der Waals surface area contributed by atoms with E-state index < -0.39 is 0 Å². The SMILES string of the molecule is CCc1c(C(=O)NCC[NH+](C)C)c(CC(C)C)nn1-c1ccc(OC)cc1. The van der Waals surface area contributed by atoms with Crippen molar-refractivity contribution in [3.8, 4) is 11.4 Å². The fourth-order valence-electron chi connectivity index (χ4n) is 3.07. The van der Waals surface area contributed by atoms with Gasteiger partial charge in [-0.25, -0.2) is 4.68 Å². The van der Waals surface area contributed by atoms with E-state index in [2.05, 4.69) is 40.2 Å². The monoisotopic (exact) mass is 373 g/mol. The van der Waals surface area contributed by atoms with Crippen LogP contribution in [0.15, 0.2) is 24.3 Å². The molecule has 148 valence electrons. The minimum atomic E-state index is -0.0245. The number of benzene rings is 1. The molecule has 0 saturated heterocycles. The average molecular weight is 374 g/mol. The molecular weight excluding hydrogens is 340 g/mol. The standard InChI is InChI=1S/C21H32N4O2/c1-7-19-20(21(26)22-12-13-24(4)5)18(14-15(2)3)23-25(19)16-8-10-17(27-6)11-9-16/h8-11,15H,7,12-14H2,1-6H3,(H,22,26)/p+1. The number of aromatic nitrogens is 2. The normalized spacial score (nSPS) is 11.3. The second-order valence-corrected chi connectivity index (χ2v) is 7.54. The van der Waals surface area contributed by atoms with Gasteiger partial charge in [-0.1, -0.05) is 20.8 Å². The van der Waals surface area contributed by atoms with E-state index in [0.29, 0.717) is 12.5 Å². The highest BCUT2D eigenvalue weighted by Gasteiger charge is 2.24.